The van der Waals surface area contributed by atoms with Gasteiger partial charge in [-0.05, 0) is 0 Å². The zero-order valence-corrected chi connectivity index (χ0v) is 15.6. The Bertz CT molecular complexity index is 150. The largest absolute Gasteiger partial charge is 0.871 e. The van der Waals surface area contributed by atoms with Crippen molar-refractivity contribution in [3.63, 3.8) is 0 Å². The van der Waals surface area contributed by atoms with Crippen LogP contribution in [0.1, 0.15) is 0 Å². The summed E-state index contributed by atoms with van der Waals surface area (Å²) in [6, 6.07) is 0. The first-order valence-corrected chi connectivity index (χ1v) is 6.24. The molecule has 0 N–H and O–H groups in total. The second kappa shape index (κ2) is 12.5. The molecule has 0 amide bonds. The third-order valence-electron chi connectivity index (χ3n) is 0.0786. The smallest absolute Gasteiger partial charge is 0.0675 e. The van der Waals surface area contributed by atoms with E-state index >= 15 is 0 Å². The summed E-state index contributed by atoms with van der Waals surface area (Å²) in [6.45, 7) is 0. The average molecular weight is 297 g/mol. The fourth-order valence-corrected chi connectivity index (χ4v) is 0. The maximum atomic E-state index is 8.81. The van der Waals surface area contributed by atoms with Crippen LogP contribution in [0.5, 0.6) is 0 Å². The van der Waals surface area contributed by atoms with E-state index in [4.69, 9.17) is 15.3 Å². The minimum Gasteiger partial charge on any atom is -0.871 e. The van der Waals surface area contributed by atoms with E-state index in [9.17, 15) is 0 Å². The first-order chi connectivity index (χ1) is 8.27. The number of rotatable bonds is 1. The van der Waals surface area contributed by atoms with E-state index in [2.05, 4.69) is 89.4 Å². The Kier molecular flexibility index (Phi) is 17.5. The molecule has 0 aromatic heterocycles. The molecule has 0 aliphatic carbocycles. The summed E-state index contributed by atoms with van der Waals surface area (Å²) in [5.41, 5.74) is 0. The molecule has 0 aliphatic rings. The first-order valence-electron chi connectivity index (χ1n) is 6.24. The third kappa shape index (κ3) is 1570. The Hall–Kier alpha value is -0.215. The zero-order chi connectivity index (χ0) is 17.8. The van der Waals surface area contributed by atoms with Gasteiger partial charge < -0.3 is 33.6 Å². The molecule has 0 spiro atoms. The molecule has 20 heavy (non-hydrogen) atoms. The highest BCUT2D eigenvalue weighted by Gasteiger charge is 1.89. The molecule has 0 saturated carbocycles. The number of nitrogens with zero attached hydrogens (tertiary/aromatic N) is 3. The summed E-state index contributed by atoms with van der Waals surface area (Å²) in [6.07, 6.45) is 0. The molecule has 0 heterocycles. The summed E-state index contributed by atoms with van der Waals surface area (Å²) in [5.74, 6) is 0. The van der Waals surface area contributed by atoms with Gasteiger partial charge >= 0.3 is 0 Å². The Labute approximate surface area is 126 Å². The van der Waals surface area contributed by atoms with Crippen LogP contribution in [0, 0.1) is 0 Å². The van der Waals surface area contributed by atoms with Crippen LogP contribution in [-0.2, 0) is 4.81 Å². The maximum absolute atomic E-state index is 8.81. The highest BCUT2D eigenvalue weighted by Crippen LogP contribution is 1.74. The molecule has 0 saturated heterocycles. The molecule has 0 bridgehead atoms. The summed E-state index contributed by atoms with van der Waals surface area (Å²) in [4.78, 5) is 2.39. The molecule has 0 aliphatic heterocycles. The van der Waals surface area contributed by atoms with Crippen molar-refractivity contribution in [1.82, 2.24) is 0 Å². The number of hydrogen-bond donors (Lipinski definition) is 0. The fourth-order valence-electron chi connectivity index (χ4n) is 0. The van der Waals surface area contributed by atoms with Gasteiger partial charge in [0.2, 0.25) is 0 Å². The SMILES string of the molecule is C[N+](C)(C)C.C[N+](C)(C)C.C[N+](C)(C)C.[O-]OB([O-])[O-]. The lowest BCUT2D eigenvalue weighted by Crippen LogP contribution is -2.50. The molecule has 8 heteroatoms. The predicted molar refractivity (Wildman–Crippen MR) is 78.7 cm³/mol. The third-order valence-corrected chi connectivity index (χ3v) is 0.0786. The minimum atomic E-state index is -2.67. The predicted octanol–water partition coefficient (Wildman–Crippen LogP) is -3.05. The molecule has 0 unspecified atom stereocenters. The Morgan fingerprint density at radius 1 is 0.550 bits per heavy atom. The van der Waals surface area contributed by atoms with Gasteiger partial charge in [0.1, 0.15) is 0 Å². The maximum Gasteiger partial charge on any atom is 0.0675 e. The van der Waals surface area contributed by atoms with Crippen LogP contribution in [-0.4, -0.2) is 105 Å². The normalized spacial score (nSPS) is 10.9. The van der Waals surface area contributed by atoms with E-state index in [1.807, 2.05) is 0 Å². The average Bonchev–Trinajstić information content (AvgIpc) is 1.93. The van der Waals surface area contributed by atoms with Crippen LogP contribution < -0.4 is 15.3 Å². The van der Waals surface area contributed by atoms with Gasteiger partial charge in [-0.15, -0.1) is 0 Å². The topological polar surface area (TPSA) is 78.4 Å². The molecule has 0 aromatic rings. The molecule has 0 rings (SSSR count). The summed E-state index contributed by atoms with van der Waals surface area (Å²) < 4.78 is 3.00. The van der Waals surface area contributed by atoms with Gasteiger partial charge in [-0.2, -0.15) is 0 Å². The summed E-state index contributed by atoms with van der Waals surface area (Å²) in [5, 5.41) is 26.1. The van der Waals surface area contributed by atoms with Crippen molar-refractivity contribution in [2.24, 2.45) is 0 Å². The number of hydrogen-bond acceptors (Lipinski definition) is 4. The van der Waals surface area contributed by atoms with Crippen LogP contribution in [0.3, 0.4) is 0 Å². The molecule has 7 nitrogen and oxygen atoms in total. The molecular weight excluding hydrogens is 261 g/mol. The van der Waals surface area contributed by atoms with Gasteiger partial charge in [0.05, 0.1) is 84.6 Å². The monoisotopic (exact) mass is 297 g/mol. The van der Waals surface area contributed by atoms with Gasteiger partial charge in [0, 0.05) is 7.32 Å². The van der Waals surface area contributed by atoms with Crippen molar-refractivity contribution in [3.05, 3.63) is 0 Å². The second-order valence-corrected chi connectivity index (χ2v) is 8.43. The van der Waals surface area contributed by atoms with Gasteiger partial charge in [-0.1, -0.05) is 0 Å². The van der Waals surface area contributed by atoms with Crippen LogP contribution in [0.4, 0.5) is 0 Å². The van der Waals surface area contributed by atoms with E-state index in [1.54, 1.807) is 0 Å². The molecule has 0 aromatic carbocycles. The molecule has 126 valence electrons. The summed E-state index contributed by atoms with van der Waals surface area (Å²) >= 11 is 0. The summed E-state index contributed by atoms with van der Waals surface area (Å²) in [7, 11) is 22.8. The van der Waals surface area contributed by atoms with Crippen molar-refractivity contribution in [2.75, 3.05) is 84.6 Å². The zero-order valence-electron chi connectivity index (χ0n) is 15.6. The van der Waals surface area contributed by atoms with Crippen LogP contribution in [0.15, 0.2) is 0 Å². The molecule has 0 radical (unpaired) electrons. The lowest BCUT2D eigenvalue weighted by molar-refractivity contribution is -0.849. The molecule has 0 atom stereocenters. The molecule has 0 fully saturated rings. The van der Waals surface area contributed by atoms with Crippen molar-refractivity contribution in [2.45, 2.75) is 0 Å². The van der Waals surface area contributed by atoms with Gasteiger partial charge in [-0.25, -0.2) is 0 Å². The lowest BCUT2D eigenvalue weighted by Gasteiger charge is -2.29. The highest BCUT2D eigenvalue weighted by atomic mass is 17.1. The van der Waals surface area contributed by atoms with Crippen LogP contribution >= 0.6 is 0 Å². The van der Waals surface area contributed by atoms with Crippen molar-refractivity contribution >= 4 is 7.32 Å². The second-order valence-electron chi connectivity index (χ2n) is 8.43. The fraction of sp³-hybridized carbons (Fsp3) is 1.00. The van der Waals surface area contributed by atoms with Crippen LogP contribution in [0.2, 0.25) is 0 Å². The van der Waals surface area contributed by atoms with Gasteiger partial charge in [0.15, 0.2) is 0 Å². The van der Waals surface area contributed by atoms with Crippen molar-refractivity contribution in [1.29, 1.82) is 0 Å². The van der Waals surface area contributed by atoms with Gasteiger partial charge in [0.25, 0.3) is 0 Å². The minimum absolute atomic E-state index is 1.00. The lowest BCUT2D eigenvalue weighted by atomic mass is 10.3. The van der Waals surface area contributed by atoms with Crippen molar-refractivity contribution < 1.29 is 33.6 Å². The van der Waals surface area contributed by atoms with Crippen molar-refractivity contribution in [3.8, 4) is 0 Å². The van der Waals surface area contributed by atoms with E-state index < -0.39 is 7.32 Å². The first kappa shape index (κ1) is 28.0. The van der Waals surface area contributed by atoms with E-state index in [0.29, 0.717) is 0 Å². The molecular formula is C12H36BN3O4. The quantitative estimate of drug-likeness (QED) is 0.223. The van der Waals surface area contributed by atoms with Gasteiger partial charge in [-0.3, -0.25) is 0 Å². The number of quaternary nitrogens is 3. The Morgan fingerprint density at radius 2 is 0.600 bits per heavy atom. The van der Waals surface area contributed by atoms with E-state index in [-0.39, 0.29) is 0 Å². The Morgan fingerprint density at radius 3 is 0.600 bits per heavy atom. The highest BCUT2D eigenvalue weighted by molar-refractivity contribution is 6.27. The Balaban J connectivity index is -0.0000000853. The van der Waals surface area contributed by atoms with E-state index in [1.165, 1.54) is 0 Å². The van der Waals surface area contributed by atoms with E-state index in [0.717, 1.165) is 13.4 Å². The standard InChI is InChI=1S/3C4H12N.BHO4/c3*1-5(2,3)4;2-1(3)5-4/h3*1-4H3;4H/q3*+1;-2/p-1. The van der Waals surface area contributed by atoms with Crippen LogP contribution in [0.25, 0.3) is 0 Å².